The molecule has 0 saturated heterocycles. The maximum Gasteiger partial charge on any atom is 0.401 e. The highest BCUT2D eigenvalue weighted by molar-refractivity contribution is 5.78. The lowest BCUT2D eigenvalue weighted by Crippen LogP contribution is -2.43. The zero-order chi connectivity index (χ0) is 13.6. The second-order valence-corrected chi connectivity index (χ2v) is 4.86. The number of carbonyl (C=O) groups excluding carboxylic acids is 1. The van der Waals surface area contributed by atoms with Crippen molar-refractivity contribution in [3.05, 3.63) is 0 Å². The number of amides is 1. The van der Waals surface area contributed by atoms with Crippen LogP contribution in [-0.2, 0) is 4.79 Å². The predicted molar refractivity (Wildman–Crippen MR) is 59.9 cm³/mol. The molecule has 7 heteroatoms. The van der Waals surface area contributed by atoms with E-state index in [1.54, 1.807) is 0 Å². The molecule has 0 heterocycles. The minimum Gasteiger partial charge on any atom is -0.396 e. The Morgan fingerprint density at radius 2 is 1.89 bits per heavy atom. The Bertz CT molecular complexity index is 276. The standard InChI is InChI=1S/C11H19F3N2O2/c12-11(13,14)7-15-5-9(18)16-6-10(8-17)3-1-2-4-10/h15,17H,1-8H2,(H,16,18). The molecule has 1 aliphatic rings. The molecule has 0 unspecified atom stereocenters. The number of alkyl halides is 3. The van der Waals surface area contributed by atoms with Crippen LogP contribution in [0.4, 0.5) is 13.2 Å². The first-order chi connectivity index (χ1) is 8.37. The number of aliphatic hydroxyl groups excluding tert-OH is 1. The van der Waals surface area contributed by atoms with Crippen LogP contribution in [0.3, 0.4) is 0 Å². The van der Waals surface area contributed by atoms with Gasteiger partial charge in [-0.25, -0.2) is 0 Å². The molecule has 1 fully saturated rings. The SMILES string of the molecule is O=C(CNCC(F)(F)F)NCC1(CO)CCCC1. The maximum absolute atomic E-state index is 11.8. The molecule has 0 aromatic heterocycles. The minimum absolute atomic E-state index is 0.00323. The second-order valence-electron chi connectivity index (χ2n) is 4.86. The summed E-state index contributed by atoms with van der Waals surface area (Å²) in [7, 11) is 0. The summed E-state index contributed by atoms with van der Waals surface area (Å²) in [6, 6.07) is 0. The zero-order valence-electron chi connectivity index (χ0n) is 10.1. The number of hydrogen-bond donors (Lipinski definition) is 3. The van der Waals surface area contributed by atoms with Crippen LogP contribution in [0.2, 0.25) is 0 Å². The molecule has 0 aromatic rings. The zero-order valence-corrected chi connectivity index (χ0v) is 10.1. The van der Waals surface area contributed by atoms with Crippen molar-refractivity contribution < 1.29 is 23.1 Å². The summed E-state index contributed by atoms with van der Waals surface area (Å²) < 4.78 is 35.5. The first-order valence-electron chi connectivity index (χ1n) is 6.02. The highest BCUT2D eigenvalue weighted by Crippen LogP contribution is 2.36. The average Bonchev–Trinajstić information content (AvgIpc) is 2.74. The van der Waals surface area contributed by atoms with Crippen LogP contribution in [0.25, 0.3) is 0 Å². The highest BCUT2D eigenvalue weighted by Gasteiger charge is 2.33. The van der Waals surface area contributed by atoms with Crippen molar-refractivity contribution in [2.45, 2.75) is 31.9 Å². The molecule has 4 nitrogen and oxygen atoms in total. The molecule has 1 amide bonds. The topological polar surface area (TPSA) is 61.4 Å². The van der Waals surface area contributed by atoms with Crippen molar-refractivity contribution in [2.24, 2.45) is 5.41 Å². The van der Waals surface area contributed by atoms with Gasteiger partial charge < -0.3 is 15.7 Å². The molecular weight excluding hydrogens is 249 g/mol. The van der Waals surface area contributed by atoms with Crippen molar-refractivity contribution in [2.75, 3.05) is 26.2 Å². The number of aliphatic hydroxyl groups is 1. The summed E-state index contributed by atoms with van der Waals surface area (Å²) in [6.07, 6.45) is -0.580. The van der Waals surface area contributed by atoms with Crippen molar-refractivity contribution in [3.63, 3.8) is 0 Å². The normalized spacial score (nSPS) is 18.9. The van der Waals surface area contributed by atoms with E-state index in [9.17, 15) is 23.1 Å². The first-order valence-corrected chi connectivity index (χ1v) is 6.02. The predicted octanol–water partition coefficient (Wildman–Crippen LogP) is 0.807. The fourth-order valence-electron chi connectivity index (χ4n) is 2.18. The van der Waals surface area contributed by atoms with Gasteiger partial charge in [-0.15, -0.1) is 0 Å². The van der Waals surface area contributed by atoms with Crippen LogP contribution in [0.5, 0.6) is 0 Å². The van der Waals surface area contributed by atoms with Gasteiger partial charge in [0.05, 0.1) is 19.7 Å². The summed E-state index contributed by atoms with van der Waals surface area (Å²) in [6.45, 7) is -1.20. The van der Waals surface area contributed by atoms with Gasteiger partial charge in [0, 0.05) is 12.0 Å². The third-order valence-electron chi connectivity index (χ3n) is 3.27. The van der Waals surface area contributed by atoms with Gasteiger partial charge in [-0.3, -0.25) is 4.79 Å². The minimum atomic E-state index is -4.31. The summed E-state index contributed by atoms with van der Waals surface area (Å²) in [4.78, 5) is 11.3. The van der Waals surface area contributed by atoms with Crippen molar-refractivity contribution >= 4 is 5.91 Å². The molecular formula is C11H19F3N2O2. The lowest BCUT2D eigenvalue weighted by Gasteiger charge is -2.26. The van der Waals surface area contributed by atoms with Crippen molar-refractivity contribution in [3.8, 4) is 0 Å². The summed E-state index contributed by atoms with van der Waals surface area (Å²) in [5.74, 6) is -0.473. The Kier molecular flexibility index (Phi) is 5.40. The smallest absolute Gasteiger partial charge is 0.396 e. The van der Waals surface area contributed by atoms with E-state index < -0.39 is 18.6 Å². The third kappa shape index (κ3) is 5.22. The Balaban J connectivity index is 2.20. The van der Waals surface area contributed by atoms with Gasteiger partial charge in [-0.05, 0) is 12.8 Å². The summed E-state index contributed by atoms with van der Waals surface area (Å²) in [5, 5.41) is 13.9. The molecule has 0 radical (unpaired) electrons. The van der Waals surface area contributed by atoms with Crippen LogP contribution >= 0.6 is 0 Å². The van der Waals surface area contributed by atoms with Crippen LogP contribution in [0.15, 0.2) is 0 Å². The monoisotopic (exact) mass is 268 g/mol. The van der Waals surface area contributed by atoms with Crippen LogP contribution in [0.1, 0.15) is 25.7 Å². The fourth-order valence-corrected chi connectivity index (χ4v) is 2.18. The van der Waals surface area contributed by atoms with Gasteiger partial charge in [0.25, 0.3) is 0 Å². The molecule has 0 bridgehead atoms. The Hall–Kier alpha value is -0.820. The number of carbonyl (C=O) groups is 1. The van der Waals surface area contributed by atoms with Crippen LogP contribution < -0.4 is 10.6 Å². The van der Waals surface area contributed by atoms with Crippen LogP contribution in [0, 0.1) is 5.41 Å². The second kappa shape index (κ2) is 6.38. The molecule has 106 valence electrons. The molecule has 0 spiro atoms. The fraction of sp³-hybridized carbons (Fsp3) is 0.909. The van der Waals surface area contributed by atoms with Gasteiger partial charge >= 0.3 is 6.18 Å². The van der Waals surface area contributed by atoms with Gasteiger partial charge in [0.1, 0.15) is 0 Å². The Morgan fingerprint density at radius 1 is 1.28 bits per heavy atom. The van der Waals surface area contributed by atoms with Crippen molar-refractivity contribution in [1.82, 2.24) is 10.6 Å². The van der Waals surface area contributed by atoms with E-state index in [0.29, 0.717) is 6.54 Å². The highest BCUT2D eigenvalue weighted by atomic mass is 19.4. The molecule has 3 N–H and O–H groups in total. The van der Waals surface area contributed by atoms with Crippen LogP contribution in [-0.4, -0.2) is 43.4 Å². The number of nitrogens with one attached hydrogen (secondary N) is 2. The molecule has 1 rings (SSSR count). The molecule has 18 heavy (non-hydrogen) atoms. The maximum atomic E-state index is 11.8. The lowest BCUT2D eigenvalue weighted by atomic mass is 9.87. The van der Waals surface area contributed by atoms with E-state index in [1.807, 2.05) is 5.32 Å². The number of hydrogen-bond acceptors (Lipinski definition) is 3. The molecule has 0 atom stereocenters. The van der Waals surface area contributed by atoms with Gasteiger partial charge in [-0.1, -0.05) is 12.8 Å². The third-order valence-corrected chi connectivity index (χ3v) is 3.27. The van der Waals surface area contributed by atoms with Gasteiger partial charge in [-0.2, -0.15) is 13.2 Å². The molecule has 1 aliphatic carbocycles. The van der Waals surface area contributed by atoms with Gasteiger partial charge in [0.2, 0.25) is 5.91 Å². The number of halogens is 3. The first kappa shape index (κ1) is 15.2. The van der Waals surface area contributed by atoms with Gasteiger partial charge in [0.15, 0.2) is 0 Å². The molecule has 0 aliphatic heterocycles. The molecule has 1 saturated carbocycles. The van der Waals surface area contributed by atoms with E-state index in [0.717, 1.165) is 25.7 Å². The quantitative estimate of drug-likeness (QED) is 0.668. The van der Waals surface area contributed by atoms with E-state index in [-0.39, 0.29) is 18.6 Å². The van der Waals surface area contributed by atoms with E-state index in [1.165, 1.54) is 0 Å². The van der Waals surface area contributed by atoms with Crippen molar-refractivity contribution in [1.29, 1.82) is 0 Å². The summed E-state index contributed by atoms with van der Waals surface area (Å²) in [5.41, 5.74) is -0.278. The Labute approximate surface area is 104 Å². The summed E-state index contributed by atoms with van der Waals surface area (Å²) >= 11 is 0. The lowest BCUT2D eigenvalue weighted by molar-refractivity contribution is -0.128. The average molecular weight is 268 g/mol. The van der Waals surface area contributed by atoms with E-state index in [2.05, 4.69) is 5.32 Å². The Morgan fingerprint density at radius 3 is 2.39 bits per heavy atom. The largest absolute Gasteiger partial charge is 0.401 e. The van der Waals surface area contributed by atoms with E-state index >= 15 is 0 Å². The molecule has 0 aromatic carbocycles. The van der Waals surface area contributed by atoms with E-state index in [4.69, 9.17) is 0 Å². The number of rotatable bonds is 6.